The normalized spacial score (nSPS) is 11.4. The Hall–Kier alpha value is -2.82. The maximum absolute atomic E-state index is 12.2. The number of ether oxygens (including phenoxy) is 2. The summed E-state index contributed by atoms with van der Waals surface area (Å²) in [5, 5.41) is 2.75. The first-order chi connectivity index (χ1) is 11.6. The fourth-order valence-corrected chi connectivity index (χ4v) is 2.12. The van der Waals surface area contributed by atoms with Crippen LogP contribution in [0.4, 0.5) is 0 Å². The van der Waals surface area contributed by atoms with Gasteiger partial charge < -0.3 is 14.8 Å². The Morgan fingerprint density at radius 2 is 1.71 bits per heavy atom. The van der Waals surface area contributed by atoms with Crippen molar-refractivity contribution >= 4 is 11.9 Å². The Kier molecular flexibility index (Phi) is 6.37. The highest BCUT2D eigenvalue weighted by molar-refractivity contribution is 5.94. The van der Waals surface area contributed by atoms with Gasteiger partial charge in [0.15, 0.2) is 6.10 Å². The van der Waals surface area contributed by atoms with Crippen LogP contribution in [0.2, 0.25) is 0 Å². The van der Waals surface area contributed by atoms with E-state index in [2.05, 4.69) is 5.32 Å². The topological polar surface area (TPSA) is 64.6 Å². The number of carbonyl (C=O) groups excluding carboxylic acids is 2. The molecule has 0 saturated carbocycles. The van der Waals surface area contributed by atoms with E-state index in [-0.39, 0.29) is 5.91 Å². The second kappa shape index (κ2) is 8.72. The van der Waals surface area contributed by atoms with Crippen LogP contribution >= 0.6 is 0 Å². The third kappa shape index (κ3) is 4.84. The van der Waals surface area contributed by atoms with Crippen LogP contribution in [0.15, 0.2) is 54.6 Å². The third-order valence-electron chi connectivity index (χ3n) is 3.37. The predicted octanol–water partition coefficient (Wildman–Crippen LogP) is 2.95. The zero-order chi connectivity index (χ0) is 17.4. The minimum atomic E-state index is -0.893. The average molecular weight is 327 g/mol. The highest BCUT2D eigenvalue weighted by atomic mass is 16.5. The lowest BCUT2D eigenvalue weighted by atomic mass is 10.2. The number of hydrogen-bond acceptors (Lipinski definition) is 4. The van der Waals surface area contributed by atoms with Crippen LogP contribution in [-0.4, -0.2) is 24.6 Å². The molecule has 2 aromatic rings. The lowest BCUT2D eigenvalue weighted by Crippen LogP contribution is -2.35. The summed E-state index contributed by atoms with van der Waals surface area (Å²) in [6, 6.07) is 16.3. The number of rotatable bonds is 7. The van der Waals surface area contributed by atoms with Crippen molar-refractivity contribution in [1.82, 2.24) is 5.32 Å². The molecule has 0 aliphatic rings. The third-order valence-corrected chi connectivity index (χ3v) is 3.37. The lowest BCUT2D eigenvalue weighted by Gasteiger charge is -2.15. The molecular weight excluding hydrogens is 306 g/mol. The Labute approximate surface area is 141 Å². The van der Waals surface area contributed by atoms with Crippen LogP contribution in [0.5, 0.6) is 5.75 Å². The van der Waals surface area contributed by atoms with Crippen LogP contribution in [0.25, 0.3) is 0 Å². The van der Waals surface area contributed by atoms with Gasteiger partial charge in [0.2, 0.25) is 0 Å². The summed E-state index contributed by atoms with van der Waals surface area (Å²) in [6.07, 6.45) is -0.893. The Bertz CT molecular complexity index is 685. The standard InChI is InChI=1S/C19H21NO4/c1-3-23-17-12-8-7-11-16(17)19(22)24-14(2)18(21)20-13-15-9-5-4-6-10-15/h4-12,14H,3,13H2,1-2H3,(H,20,21)/t14-/m1/s1. The zero-order valence-corrected chi connectivity index (χ0v) is 13.8. The molecule has 1 N–H and O–H groups in total. The van der Waals surface area contributed by atoms with Gasteiger partial charge in [0.25, 0.3) is 5.91 Å². The summed E-state index contributed by atoms with van der Waals surface area (Å²) in [6.45, 7) is 4.21. The van der Waals surface area contributed by atoms with Gasteiger partial charge in [-0.2, -0.15) is 0 Å². The fraction of sp³-hybridized carbons (Fsp3) is 0.263. The first kappa shape index (κ1) is 17.5. The van der Waals surface area contributed by atoms with E-state index in [0.717, 1.165) is 5.56 Å². The van der Waals surface area contributed by atoms with Crippen molar-refractivity contribution in [2.75, 3.05) is 6.61 Å². The molecule has 0 unspecified atom stereocenters. The largest absolute Gasteiger partial charge is 0.493 e. The maximum Gasteiger partial charge on any atom is 0.342 e. The molecule has 0 radical (unpaired) electrons. The summed E-state index contributed by atoms with van der Waals surface area (Å²) in [4.78, 5) is 24.3. The van der Waals surface area contributed by atoms with Crippen molar-refractivity contribution in [1.29, 1.82) is 0 Å². The smallest absolute Gasteiger partial charge is 0.342 e. The Morgan fingerprint density at radius 3 is 2.42 bits per heavy atom. The van der Waals surface area contributed by atoms with Crippen LogP contribution in [0.1, 0.15) is 29.8 Å². The number of nitrogens with one attached hydrogen (secondary N) is 1. The van der Waals surface area contributed by atoms with Crippen molar-refractivity contribution in [3.8, 4) is 5.75 Å². The van der Waals surface area contributed by atoms with Gasteiger partial charge in [-0.05, 0) is 31.5 Å². The van der Waals surface area contributed by atoms with Crippen molar-refractivity contribution < 1.29 is 19.1 Å². The number of benzene rings is 2. The summed E-state index contributed by atoms with van der Waals surface area (Å²) in [5.74, 6) is -0.482. The van der Waals surface area contributed by atoms with E-state index in [9.17, 15) is 9.59 Å². The molecule has 0 heterocycles. The van der Waals surface area contributed by atoms with Gasteiger partial charge >= 0.3 is 5.97 Å². The molecule has 0 spiro atoms. The second-order valence-corrected chi connectivity index (χ2v) is 5.18. The quantitative estimate of drug-likeness (QED) is 0.794. The van der Waals surface area contributed by atoms with Crippen LogP contribution in [0.3, 0.4) is 0 Å². The molecule has 0 fully saturated rings. The summed E-state index contributed by atoms with van der Waals surface area (Å²) >= 11 is 0. The molecule has 24 heavy (non-hydrogen) atoms. The molecule has 1 atom stereocenters. The molecule has 0 aliphatic carbocycles. The molecule has 1 amide bonds. The molecule has 2 rings (SSSR count). The minimum absolute atomic E-state index is 0.307. The Balaban J connectivity index is 1.92. The van der Waals surface area contributed by atoms with E-state index in [1.54, 1.807) is 31.2 Å². The van der Waals surface area contributed by atoms with Gasteiger partial charge in [-0.3, -0.25) is 4.79 Å². The lowest BCUT2D eigenvalue weighted by molar-refractivity contribution is -0.129. The van der Waals surface area contributed by atoms with E-state index >= 15 is 0 Å². The fourth-order valence-electron chi connectivity index (χ4n) is 2.12. The molecule has 0 saturated heterocycles. The van der Waals surface area contributed by atoms with E-state index in [1.807, 2.05) is 37.3 Å². The minimum Gasteiger partial charge on any atom is -0.493 e. The van der Waals surface area contributed by atoms with Crippen molar-refractivity contribution in [2.24, 2.45) is 0 Å². The zero-order valence-electron chi connectivity index (χ0n) is 13.8. The van der Waals surface area contributed by atoms with Crippen LogP contribution in [-0.2, 0) is 16.1 Å². The van der Waals surface area contributed by atoms with Crippen molar-refractivity contribution in [3.05, 3.63) is 65.7 Å². The van der Waals surface area contributed by atoms with E-state index in [4.69, 9.17) is 9.47 Å². The van der Waals surface area contributed by atoms with E-state index in [0.29, 0.717) is 24.5 Å². The van der Waals surface area contributed by atoms with Crippen LogP contribution < -0.4 is 10.1 Å². The van der Waals surface area contributed by atoms with Crippen molar-refractivity contribution in [2.45, 2.75) is 26.5 Å². The highest BCUT2D eigenvalue weighted by Crippen LogP contribution is 2.19. The molecule has 0 bridgehead atoms. The van der Waals surface area contributed by atoms with E-state index < -0.39 is 12.1 Å². The first-order valence-corrected chi connectivity index (χ1v) is 7.86. The second-order valence-electron chi connectivity index (χ2n) is 5.18. The van der Waals surface area contributed by atoms with Gasteiger partial charge in [0.1, 0.15) is 11.3 Å². The molecule has 0 aliphatic heterocycles. The molecule has 126 valence electrons. The highest BCUT2D eigenvalue weighted by Gasteiger charge is 2.21. The number of esters is 1. The van der Waals surface area contributed by atoms with Gasteiger partial charge in [0.05, 0.1) is 6.61 Å². The molecule has 5 heteroatoms. The predicted molar refractivity (Wildman–Crippen MR) is 90.8 cm³/mol. The van der Waals surface area contributed by atoms with Gasteiger partial charge in [-0.1, -0.05) is 42.5 Å². The monoisotopic (exact) mass is 327 g/mol. The number of amides is 1. The number of para-hydroxylation sites is 1. The van der Waals surface area contributed by atoms with Crippen LogP contribution in [0, 0.1) is 0 Å². The molecular formula is C19H21NO4. The first-order valence-electron chi connectivity index (χ1n) is 7.86. The number of carbonyl (C=O) groups is 2. The molecule has 2 aromatic carbocycles. The van der Waals surface area contributed by atoms with Gasteiger partial charge in [0, 0.05) is 6.54 Å². The number of hydrogen-bond donors (Lipinski definition) is 1. The maximum atomic E-state index is 12.2. The average Bonchev–Trinajstić information content (AvgIpc) is 2.61. The summed E-state index contributed by atoms with van der Waals surface area (Å²) < 4.78 is 10.6. The van der Waals surface area contributed by atoms with E-state index in [1.165, 1.54) is 0 Å². The Morgan fingerprint density at radius 1 is 1.04 bits per heavy atom. The summed E-state index contributed by atoms with van der Waals surface area (Å²) in [5.41, 5.74) is 1.29. The molecule has 0 aromatic heterocycles. The molecule has 5 nitrogen and oxygen atoms in total. The van der Waals surface area contributed by atoms with Gasteiger partial charge in [-0.15, -0.1) is 0 Å². The summed E-state index contributed by atoms with van der Waals surface area (Å²) in [7, 11) is 0. The SMILES string of the molecule is CCOc1ccccc1C(=O)O[C@H](C)C(=O)NCc1ccccc1. The van der Waals surface area contributed by atoms with Crippen molar-refractivity contribution in [3.63, 3.8) is 0 Å². The van der Waals surface area contributed by atoms with Gasteiger partial charge in [-0.25, -0.2) is 4.79 Å².